The number of nitrogens with zero attached hydrogens (tertiary/aromatic N) is 3. The van der Waals surface area contributed by atoms with Crippen LogP contribution in [0.4, 0.5) is 17.1 Å². The first-order valence-corrected chi connectivity index (χ1v) is 14.9. The van der Waals surface area contributed by atoms with Gasteiger partial charge in [-0.3, -0.25) is 0 Å². The summed E-state index contributed by atoms with van der Waals surface area (Å²) in [4.78, 5) is 6.85. The molecule has 7 nitrogen and oxygen atoms in total. The Morgan fingerprint density at radius 3 is 2.14 bits per heavy atom. The molecule has 4 aromatic carbocycles. The van der Waals surface area contributed by atoms with Crippen LogP contribution in [0.15, 0.2) is 97.1 Å². The van der Waals surface area contributed by atoms with Gasteiger partial charge in [0.2, 0.25) is 0 Å². The minimum Gasteiger partial charge on any atom is -0.497 e. The molecule has 1 saturated heterocycles. The van der Waals surface area contributed by atoms with Crippen LogP contribution in [0.3, 0.4) is 0 Å². The van der Waals surface area contributed by atoms with Crippen molar-refractivity contribution in [3.63, 3.8) is 0 Å². The lowest BCUT2D eigenvalue weighted by Crippen LogP contribution is -2.36. The lowest BCUT2D eigenvalue weighted by molar-refractivity contribution is 0.0889. The predicted octanol–water partition coefficient (Wildman–Crippen LogP) is 6.40. The lowest BCUT2D eigenvalue weighted by atomic mass is 10.1. The van der Waals surface area contributed by atoms with E-state index in [1.807, 2.05) is 44.4 Å². The van der Waals surface area contributed by atoms with Gasteiger partial charge in [0.1, 0.15) is 18.1 Å². The number of benzene rings is 4. The van der Waals surface area contributed by atoms with Gasteiger partial charge in [-0.1, -0.05) is 42.5 Å². The van der Waals surface area contributed by atoms with Crippen LogP contribution in [-0.4, -0.2) is 60.7 Å². The van der Waals surface area contributed by atoms with E-state index in [0.29, 0.717) is 19.8 Å². The van der Waals surface area contributed by atoms with Gasteiger partial charge in [0.05, 0.1) is 33.5 Å². The first-order valence-electron chi connectivity index (χ1n) is 14.9. The first kappa shape index (κ1) is 30.3. The number of anilines is 3. The molecule has 0 spiro atoms. The summed E-state index contributed by atoms with van der Waals surface area (Å²) < 4.78 is 22.8. The Balaban J connectivity index is 1.19. The maximum absolute atomic E-state index is 5.92. The zero-order valence-electron chi connectivity index (χ0n) is 25.6. The van der Waals surface area contributed by atoms with Crippen LogP contribution in [0.2, 0.25) is 0 Å². The highest BCUT2D eigenvalue weighted by Crippen LogP contribution is 2.25. The second-order valence-corrected chi connectivity index (χ2v) is 10.9. The number of rotatable bonds is 14. The molecule has 1 aliphatic heterocycles. The smallest absolute Gasteiger partial charge is 0.121 e. The Labute approximate surface area is 256 Å². The second kappa shape index (κ2) is 15.3. The second-order valence-electron chi connectivity index (χ2n) is 10.9. The van der Waals surface area contributed by atoms with Crippen molar-refractivity contribution in [2.24, 2.45) is 0 Å². The Morgan fingerprint density at radius 2 is 1.40 bits per heavy atom. The molecule has 4 aromatic rings. The fraction of sp³-hybridized carbons (Fsp3) is 0.333. The summed E-state index contributed by atoms with van der Waals surface area (Å²) in [6.45, 7) is 6.59. The molecule has 1 fully saturated rings. The monoisotopic (exact) mass is 581 g/mol. The summed E-state index contributed by atoms with van der Waals surface area (Å²) in [7, 11) is 5.76. The average Bonchev–Trinajstić information content (AvgIpc) is 3.05. The summed E-state index contributed by atoms with van der Waals surface area (Å²) in [6, 6.07) is 34.0. The van der Waals surface area contributed by atoms with Crippen molar-refractivity contribution in [1.82, 2.24) is 0 Å². The van der Waals surface area contributed by atoms with Crippen molar-refractivity contribution in [2.75, 3.05) is 75.4 Å². The molecule has 5 rings (SSSR count). The van der Waals surface area contributed by atoms with E-state index in [2.05, 4.69) is 81.4 Å². The molecule has 0 atom stereocenters. The summed E-state index contributed by atoms with van der Waals surface area (Å²) in [5.41, 5.74) is 7.13. The molecule has 0 aromatic heterocycles. The van der Waals surface area contributed by atoms with E-state index in [9.17, 15) is 0 Å². The Morgan fingerprint density at radius 1 is 0.698 bits per heavy atom. The Hall–Kier alpha value is -4.20. The SMILES string of the molecule is COc1cccc(CN(Cc2ccc(N3CCOCC3)cc2)c2ccc(COCCOc3cccc(N(C)C)c3)cc2)c1. The highest BCUT2D eigenvalue weighted by Gasteiger charge is 2.13. The van der Waals surface area contributed by atoms with E-state index >= 15 is 0 Å². The van der Waals surface area contributed by atoms with Crippen molar-refractivity contribution >= 4 is 17.1 Å². The van der Waals surface area contributed by atoms with Crippen LogP contribution in [0.25, 0.3) is 0 Å². The highest BCUT2D eigenvalue weighted by molar-refractivity contribution is 5.52. The van der Waals surface area contributed by atoms with E-state index in [1.165, 1.54) is 16.8 Å². The lowest BCUT2D eigenvalue weighted by Gasteiger charge is -2.29. The summed E-state index contributed by atoms with van der Waals surface area (Å²) in [5, 5.41) is 0. The molecule has 1 heterocycles. The summed E-state index contributed by atoms with van der Waals surface area (Å²) in [5.74, 6) is 1.72. The number of methoxy groups -OCH3 is 1. The largest absolute Gasteiger partial charge is 0.497 e. The Bertz CT molecular complexity index is 1400. The van der Waals surface area contributed by atoms with Crippen LogP contribution >= 0.6 is 0 Å². The van der Waals surface area contributed by atoms with Gasteiger partial charge in [0.15, 0.2) is 0 Å². The number of hydrogen-bond acceptors (Lipinski definition) is 7. The van der Waals surface area contributed by atoms with Gasteiger partial charge < -0.3 is 33.6 Å². The minimum absolute atomic E-state index is 0.508. The molecule has 0 unspecified atom stereocenters. The summed E-state index contributed by atoms with van der Waals surface area (Å²) >= 11 is 0. The topological polar surface area (TPSA) is 46.6 Å². The van der Waals surface area contributed by atoms with E-state index in [1.54, 1.807) is 7.11 Å². The molecule has 226 valence electrons. The van der Waals surface area contributed by atoms with Crippen LogP contribution in [-0.2, 0) is 29.2 Å². The zero-order chi connectivity index (χ0) is 29.9. The van der Waals surface area contributed by atoms with E-state index < -0.39 is 0 Å². The van der Waals surface area contributed by atoms with Crippen molar-refractivity contribution in [3.05, 3.63) is 114 Å². The molecule has 0 saturated carbocycles. The molecule has 0 radical (unpaired) electrons. The molecule has 0 N–H and O–H groups in total. The average molecular weight is 582 g/mol. The molecular weight excluding hydrogens is 538 g/mol. The van der Waals surface area contributed by atoms with Gasteiger partial charge in [-0.05, 0) is 65.2 Å². The Kier molecular flexibility index (Phi) is 10.8. The van der Waals surface area contributed by atoms with E-state index in [0.717, 1.165) is 67.8 Å². The molecule has 0 amide bonds. The maximum atomic E-state index is 5.92. The fourth-order valence-corrected chi connectivity index (χ4v) is 5.15. The zero-order valence-corrected chi connectivity index (χ0v) is 25.6. The molecule has 1 aliphatic rings. The van der Waals surface area contributed by atoms with Crippen LogP contribution in [0.5, 0.6) is 11.5 Å². The van der Waals surface area contributed by atoms with Gasteiger partial charge in [0.25, 0.3) is 0 Å². The minimum atomic E-state index is 0.508. The third-order valence-corrected chi connectivity index (χ3v) is 7.59. The maximum Gasteiger partial charge on any atom is 0.121 e. The van der Waals surface area contributed by atoms with Gasteiger partial charge in [-0.15, -0.1) is 0 Å². The number of ether oxygens (including phenoxy) is 4. The van der Waals surface area contributed by atoms with Crippen molar-refractivity contribution in [2.45, 2.75) is 19.7 Å². The number of morpholine rings is 1. The third kappa shape index (κ3) is 8.89. The molecule has 0 aliphatic carbocycles. The molecular formula is C36H43N3O4. The van der Waals surface area contributed by atoms with E-state index in [4.69, 9.17) is 18.9 Å². The summed E-state index contributed by atoms with van der Waals surface area (Å²) in [6.07, 6.45) is 0. The normalized spacial score (nSPS) is 13.0. The first-order chi connectivity index (χ1) is 21.1. The van der Waals surface area contributed by atoms with Crippen molar-refractivity contribution in [3.8, 4) is 11.5 Å². The molecule has 43 heavy (non-hydrogen) atoms. The molecule has 0 bridgehead atoms. The van der Waals surface area contributed by atoms with E-state index in [-0.39, 0.29) is 0 Å². The standard InChI is InChI=1S/C36H43N3O4/c1-37(2)34-7-5-9-36(25-34)43-23-22-42-28-30-12-16-33(17-13-30)39(27-31-6-4-8-35(24-31)40-3)26-29-10-14-32(15-11-29)38-18-20-41-21-19-38/h4-17,24-25H,18-23,26-28H2,1-3H3. The van der Waals surface area contributed by atoms with Gasteiger partial charge >= 0.3 is 0 Å². The highest BCUT2D eigenvalue weighted by atomic mass is 16.5. The van der Waals surface area contributed by atoms with Crippen molar-refractivity contribution < 1.29 is 18.9 Å². The van der Waals surface area contributed by atoms with Gasteiger partial charge in [0, 0.05) is 63.4 Å². The fourth-order valence-electron chi connectivity index (χ4n) is 5.15. The van der Waals surface area contributed by atoms with Crippen molar-refractivity contribution in [1.29, 1.82) is 0 Å². The van der Waals surface area contributed by atoms with Crippen LogP contribution < -0.4 is 24.2 Å². The predicted molar refractivity (Wildman–Crippen MR) is 175 cm³/mol. The van der Waals surface area contributed by atoms with Gasteiger partial charge in [-0.25, -0.2) is 0 Å². The van der Waals surface area contributed by atoms with Gasteiger partial charge in [-0.2, -0.15) is 0 Å². The van der Waals surface area contributed by atoms with Crippen LogP contribution in [0.1, 0.15) is 16.7 Å². The van der Waals surface area contributed by atoms with Crippen LogP contribution in [0, 0.1) is 0 Å². The quantitative estimate of drug-likeness (QED) is 0.160. The third-order valence-electron chi connectivity index (χ3n) is 7.59. The number of hydrogen-bond donors (Lipinski definition) is 0. The molecule has 7 heteroatoms.